The number of carbonyl (C=O) groups excluding carboxylic acids is 2. The Balaban J connectivity index is 1.06. The van der Waals surface area contributed by atoms with E-state index < -0.39 is 12.0 Å². The predicted octanol–water partition coefficient (Wildman–Crippen LogP) is 8.03. The number of nitrogens with zero attached hydrogens (tertiary/aromatic N) is 3. The fraction of sp³-hybridized carbons (Fsp3) is 0.278. The van der Waals surface area contributed by atoms with E-state index in [0.717, 1.165) is 42.8 Å². The number of hydrogen-bond donors (Lipinski definition) is 2. The minimum atomic E-state index is -0.706. The number of aromatic nitrogens is 3. The first-order chi connectivity index (χ1) is 23.3. The molecule has 3 heterocycles. The standard InChI is InChI=1S/C36H35ClFN5O5/c1-3-43-21-39-18-26(43)19-40-31-16-24(36(45)46-2)12-14-30(31)41-33(44)15-22-7-9-23(10-8-22)29-5-4-6-34(42-29)47-20-25-11-13-28(37)27-17-32(38)48-35(25)27/h4-6,9,11-14,16-18,21-22,40H,3,7-8,10,15,19-20H2,1-2H3,(H,41,44). The third kappa shape index (κ3) is 7.52. The van der Waals surface area contributed by atoms with Crippen LogP contribution in [-0.4, -0.2) is 33.5 Å². The highest BCUT2D eigenvalue weighted by atomic mass is 35.5. The van der Waals surface area contributed by atoms with Crippen molar-refractivity contribution in [2.75, 3.05) is 17.7 Å². The molecule has 5 aromatic rings. The van der Waals surface area contributed by atoms with Crippen molar-refractivity contribution in [1.82, 2.24) is 14.5 Å². The zero-order valence-electron chi connectivity index (χ0n) is 26.6. The summed E-state index contributed by atoms with van der Waals surface area (Å²) in [4.78, 5) is 34.3. The number of imidazole rings is 1. The highest BCUT2D eigenvalue weighted by molar-refractivity contribution is 6.35. The Morgan fingerprint density at radius 2 is 2.02 bits per heavy atom. The number of rotatable bonds is 12. The van der Waals surface area contributed by atoms with Gasteiger partial charge < -0.3 is 29.1 Å². The summed E-state index contributed by atoms with van der Waals surface area (Å²) in [7, 11) is 1.33. The van der Waals surface area contributed by atoms with Crippen molar-refractivity contribution < 1.29 is 27.9 Å². The zero-order valence-corrected chi connectivity index (χ0v) is 27.4. The highest BCUT2D eigenvalue weighted by Crippen LogP contribution is 2.33. The molecule has 0 saturated carbocycles. The fourth-order valence-electron chi connectivity index (χ4n) is 5.84. The van der Waals surface area contributed by atoms with Crippen molar-refractivity contribution >= 4 is 51.4 Å². The normalized spacial score (nSPS) is 14.4. The van der Waals surface area contributed by atoms with Gasteiger partial charge in [-0.3, -0.25) is 4.79 Å². The van der Waals surface area contributed by atoms with E-state index in [9.17, 15) is 14.0 Å². The van der Waals surface area contributed by atoms with Crippen LogP contribution in [0.3, 0.4) is 0 Å². The molecule has 0 spiro atoms. The monoisotopic (exact) mass is 671 g/mol. The second-order valence-corrected chi connectivity index (χ2v) is 12.0. The topological polar surface area (TPSA) is 121 Å². The van der Waals surface area contributed by atoms with E-state index in [1.54, 1.807) is 48.9 Å². The van der Waals surface area contributed by atoms with E-state index >= 15 is 0 Å². The number of fused-ring (bicyclic) bond motifs is 1. The molecular formula is C36H35ClFN5O5. The van der Waals surface area contributed by atoms with Crippen molar-refractivity contribution in [3.63, 3.8) is 0 Å². The molecule has 0 saturated heterocycles. The first-order valence-corrected chi connectivity index (χ1v) is 16.1. The molecule has 3 aromatic heterocycles. The molecule has 2 aromatic carbocycles. The summed E-state index contributed by atoms with van der Waals surface area (Å²) in [5.74, 6) is 0.0377. The number of allylic oxidation sites excluding steroid dienone is 2. The lowest BCUT2D eigenvalue weighted by molar-refractivity contribution is -0.117. The molecule has 1 atom stereocenters. The molecule has 6 rings (SSSR count). The number of halogens is 2. The van der Waals surface area contributed by atoms with E-state index in [1.807, 2.05) is 23.6 Å². The number of pyridine rings is 1. The summed E-state index contributed by atoms with van der Waals surface area (Å²) in [5, 5.41) is 7.28. The maximum Gasteiger partial charge on any atom is 0.337 e. The average Bonchev–Trinajstić information content (AvgIpc) is 3.74. The summed E-state index contributed by atoms with van der Waals surface area (Å²) in [6, 6.07) is 14.6. The van der Waals surface area contributed by atoms with Gasteiger partial charge in [-0.15, -0.1) is 0 Å². The molecule has 12 heteroatoms. The highest BCUT2D eigenvalue weighted by Gasteiger charge is 2.21. The first-order valence-electron chi connectivity index (χ1n) is 15.7. The second kappa shape index (κ2) is 14.7. The van der Waals surface area contributed by atoms with E-state index in [0.29, 0.717) is 57.3 Å². The molecule has 1 aliphatic rings. The van der Waals surface area contributed by atoms with E-state index in [-0.39, 0.29) is 18.4 Å². The Morgan fingerprint density at radius 1 is 1.15 bits per heavy atom. The van der Waals surface area contributed by atoms with Crippen LogP contribution in [-0.2, 0) is 29.2 Å². The van der Waals surface area contributed by atoms with Gasteiger partial charge in [0.25, 0.3) is 6.01 Å². The lowest BCUT2D eigenvalue weighted by Gasteiger charge is -2.22. The number of ether oxygens (including phenoxy) is 2. The Labute approximate surface area is 281 Å². The SMILES string of the molecule is CCn1cncc1CNc1cc(C(=O)OC)ccc1NC(=O)CC1CC=C(c2cccc(OCc3ccc(Cl)c4cc(F)oc34)n2)CC1. The molecule has 0 aliphatic heterocycles. The van der Waals surface area contributed by atoms with Crippen molar-refractivity contribution in [2.45, 2.75) is 52.3 Å². The Hall–Kier alpha value is -5.16. The summed E-state index contributed by atoms with van der Waals surface area (Å²) >= 11 is 6.17. The first kappa shape index (κ1) is 32.8. The molecule has 0 radical (unpaired) electrons. The van der Waals surface area contributed by atoms with Gasteiger partial charge in [-0.25, -0.2) is 14.8 Å². The zero-order chi connectivity index (χ0) is 33.6. The summed E-state index contributed by atoms with van der Waals surface area (Å²) in [5.41, 5.74) is 5.47. The lowest BCUT2D eigenvalue weighted by Crippen LogP contribution is -2.19. The molecule has 10 nitrogen and oxygen atoms in total. The molecule has 2 N–H and O–H groups in total. The number of hydrogen-bond acceptors (Lipinski definition) is 8. The Bertz CT molecular complexity index is 1990. The van der Waals surface area contributed by atoms with Gasteiger partial charge in [0.1, 0.15) is 12.2 Å². The molecule has 1 unspecified atom stereocenters. The second-order valence-electron chi connectivity index (χ2n) is 11.5. The van der Waals surface area contributed by atoms with E-state index in [4.69, 9.17) is 30.5 Å². The summed E-state index contributed by atoms with van der Waals surface area (Å²) in [6.07, 6.45) is 8.36. The number of benzene rings is 2. The van der Waals surface area contributed by atoms with Gasteiger partial charge in [-0.05, 0) is 68.0 Å². The number of carbonyl (C=O) groups is 2. The van der Waals surface area contributed by atoms with Crippen LogP contribution in [0.25, 0.3) is 16.5 Å². The van der Waals surface area contributed by atoms with Crippen LogP contribution in [0.1, 0.15) is 59.9 Å². The minimum Gasteiger partial charge on any atom is -0.473 e. The number of furan rings is 1. The molecule has 248 valence electrons. The van der Waals surface area contributed by atoms with Crippen LogP contribution < -0.4 is 15.4 Å². The number of esters is 1. The fourth-order valence-corrected chi connectivity index (χ4v) is 6.04. The van der Waals surface area contributed by atoms with Gasteiger partial charge in [-0.1, -0.05) is 29.8 Å². The molecular weight excluding hydrogens is 637 g/mol. The molecule has 48 heavy (non-hydrogen) atoms. The maximum absolute atomic E-state index is 13.7. The predicted molar refractivity (Wildman–Crippen MR) is 181 cm³/mol. The van der Waals surface area contributed by atoms with Crippen LogP contribution in [0.2, 0.25) is 5.02 Å². The average molecular weight is 672 g/mol. The van der Waals surface area contributed by atoms with Crippen molar-refractivity contribution in [1.29, 1.82) is 0 Å². The smallest absolute Gasteiger partial charge is 0.337 e. The number of amides is 1. The molecule has 1 aliphatic carbocycles. The quantitative estimate of drug-likeness (QED) is 0.128. The van der Waals surface area contributed by atoms with Crippen molar-refractivity contribution in [2.24, 2.45) is 5.92 Å². The van der Waals surface area contributed by atoms with Gasteiger partial charge >= 0.3 is 5.97 Å². The van der Waals surface area contributed by atoms with Crippen LogP contribution in [0.5, 0.6) is 5.88 Å². The van der Waals surface area contributed by atoms with Crippen LogP contribution >= 0.6 is 11.6 Å². The Morgan fingerprint density at radius 3 is 2.81 bits per heavy atom. The van der Waals surface area contributed by atoms with Gasteiger partial charge in [0.15, 0.2) is 0 Å². The van der Waals surface area contributed by atoms with Crippen LogP contribution in [0, 0.1) is 11.9 Å². The van der Waals surface area contributed by atoms with Crippen LogP contribution in [0.15, 0.2) is 77.6 Å². The number of methoxy groups -OCH3 is 1. The van der Waals surface area contributed by atoms with Gasteiger partial charge in [0, 0.05) is 42.2 Å². The maximum atomic E-state index is 13.7. The minimum absolute atomic E-state index is 0.106. The summed E-state index contributed by atoms with van der Waals surface area (Å²) < 4.78 is 31.8. The number of aryl methyl sites for hydroxylation is 1. The lowest BCUT2D eigenvalue weighted by atomic mass is 9.86. The third-order valence-electron chi connectivity index (χ3n) is 8.42. The van der Waals surface area contributed by atoms with Gasteiger partial charge in [0.2, 0.25) is 11.8 Å². The van der Waals surface area contributed by atoms with Crippen molar-refractivity contribution in [3.05, 3.63) is 107 Å². The number of nitrogens with one attached hydrogen (secondary N) is 2. The van der Waals surface area contributed by atoms with E-state index in [1.165, 1.54) is 13.2 Å². The van der Waals surface area contributed by atoms with Gasteiger partial charge in [-0.2, -0.15) is 4.39 Å². The summed E-state index contributed by atoms with van der Waals surface area (Å²) in [6.45, 7) is 3.42. The molecule has 0 fully saturated rings. The van der Waals surface area contributed by atoms with Crippen LogP contribution in [0.4, 0.5) is 15.8 Å². The largest absolute Gasteiger partial charge is 0.473 e. The Kier molecular flexibility index (Phi) is 10.1. The van der Waals surface area contributed by atoms with Gasteiger partial charge in [0.05, 0.1) is 53.3 Å². The molecule has 1 amide bonds. The van der Waals surface area contributed by atoms with E-state index in [2.05, 4.69) is 21.7 Å². The molecule has 0 bridgehead atoms. The van der Waals surface area contributed by atoms with Crippen molar-refractivity contribution in [3.8, 4) is 5.88 Å². The number of anilines is 2. The third-order valence-corrected chi connectivity index (χ3v) is 8.75.